The Balaban J connectivity index is 1.32. The molecule has 1 saturated heterocycles. The van der Waals surface area contributed by atoms with Crippen molar-refractivity contribution >= 4 is 17.2 Å². The SMILES string of the molecule is COC1=CC=C(N(Cc2cccs2)C2CCN(C(C)CCNC(=O)c3c(C)ncnc3C)CC2)CC=C1. The summed E-state index contributed by atoms with van der Waals surface area (Å²) >= 11 is 1.83. The van der Waals surface area contributed by atoms with Crippen molar-refractivity contribution in [1.29, 1.82) is 0 Å². The molecule has 1 aliphatic carbocycles. The molecule has 37 heavy (non-hydrogen) atoms. The third kappa shape index (κ3) is 7.08. The molecule has 3 heterocycles. The number of allylic oxidation sites excluding steroid dienone is 4. The van der Waals surface area contributed by atoms with Gasteiger partial charge < -0.3 is 19.9 Å². The zero-order valence-electron chi connectivity index (χ0n) is 22.4. The predicted molar refractivity (Wildman–Crippen MR) is 149 cm³/mol. The number of nitrogens with zero attached hydrogens (tertiary/aromatic N) is 4. The second-order valence-electron chi connectivity index (χ2n) is 9.83. The molecule has 0 spiro atoms. The lowest BCUT2D eigenvalue weighted by Gasteiger charge is -2.42. The van der Waals surface area contributed by atoms with Crippen LogP contribution < -0.4 is 5.32 Å². The summed E-state index contributed by atoms with van der Waals surface area (Å²) in [4.78, 5) is 27.6. The van der Waals surface area contributed by atoms with Crippen LogP contribution in [0.4, 0.5) is 0 Å². The Morgan fingerprint density at radius 1 is 1.24 bits per heavy atom. The summed E-state index contributed by atoms with van der Waals surface area (Å²) in [5, 5.41) is 5.24. The topological polar surface area (TPSA) is 70.6 Å². The van der Waals surface area contributed by atoms with Crippen molar-refractivity contribution < 1.29 is 9.53 Å². The van der Waals surface area contributed by atoms with E-state index in [-0.39, 0.29) is 5.91 Å². The van der Waals surface area contributed by atoms with Crippen LogP contribution in [0.15, 0.2) is 59.6 Å². The van der Waals surface area contributed by atoms with Crippen LogP contribution in [0.3, 0.4) is 0 Å². The van der Waals surface area contributed by atoms with E-state index in [2.05, 4.69) is 73.8 Å². The molecule has 1 atom stereocenters. The number of amides is 1. The summed E-state index contributed by atoms with van der Waals surface area (Å²) in [6, 6.07) is 5.29. The smallest absolute Gasteiger partial charge is 0.254 e. The van der Waals surface area contributed by atoms with Crippen LogP contribution >= 0.6 is 11.3 Å². The lowest BCUT2D eigenvalue weighted by atomic mass is 9.99. The summed E-state index contributed by atoms with van der Waals surface area (Å²) in [5.41, 5.74) is 3.39. The van der Waals surface area contributed by atoms with Gasteiger partial charge >= 0.3 is 0 Å². The highest BCUT2D eigenvalue weighted by Crippen LogP contribution is 2.28. The van der Waals surface area contributed by atoms with Crippen molar-refractivity contribution in [3.05, 3.63) is 81.4 Å². The first-order valence-electron chi connectivity index (χ1n) is 13.2. The highest BCUT2D eigenvalue weighted by atomic mass is 32.1. The molecule has 1 unspecified atom stereocenters. The van der Waals surface area contributed by atoms with Gasteiger partial charge in [-0.15, -0.1) is 11.3 Å². The first-order valence-corrected chi connectivity index (χ1v) is 14.0. The highest BCUT2D eigenvalue weighted by Gasteiger charge is 2.28. The third-order valence-electron chi connectivity index (χ3n) is 7.42. The molecule has 0 bridgehead atoms. The summed E-state index contributed by atoms with van der Waals surface area (Å²) in [7, 11) is 1.72. The van der Waals surface area contributed by atoms with Gasteiger partial charge in [-0.1, -0.05) is 12.1 Å². The zero-order valence-corrected chi connectivity index (χ0v) is 23.3. The second-order valence-corrected chi connectivity index (χ2v) is 10.9. The van der Waals surface area contributed by atoms with Gasteiger partial charge in [0.2, 0.25) is 0 Å². The Morgan fingerprint density at radius 2 is 2.00 bits per heavy atom. The molecule has 0 aromatic carbocycles. The van der Waals surface area contributed by atoms with Crippen molar-refractivity contribution in [3.63, 3.8) is 0 Å². The monoisotopic (exact) mass is 521 g/mol. The molecular formula is C29H39N5O2S. The van der Waals surface area contributed by atoms with E-state index in [1.807, 2.05) is 25.2 Å². The van der Waals surface area contributed by atoms with Gasteiger partial charge in [-0.05, 0) is 69.7 Å². The number of piperidine rings is 1. The van der Waals surface area contributed by atoms with Crippen LogP contribution in [0.25, 0.3) is 0 Å². The van der Waals surface area contributed by atoms with Crippen LogP contribution in [0.1, 0.15) is 59.2 Å². The Bertz CT molecular complexity index is 1110. The Kier molecular flexibility index (Phi) is 9.52. The van der Waals surface area contributed by atoms with E-state index in [0.29, 0.717) is 24.2 Å². The average Bonchev–Trinajstić information content (AvgIpc) is 3.30. The van der Waals surface area contributed by atoms with Gasteiger partial charge in [0.1, 0.15) is 12.1 Å². The van der Waals surface area contributed by atoms with E-state index in [9.17, 15) is 4.79 Å². The fraction of sp³-hybridized carbons (Fsp3) is 0.483. The summed E-state index contributed by atoms with van der Waals surface area (Å²) < 4.78 is 5.45. The van der Waals surface area contributed by atoms with Gasteiger partial charge in [-0.25, -0.2) is 9.97 Å². The number of carbonyl (C=O) groups is 1. The molecular weight excluding hydrogens is 482 g/mol. The van der Waals surface area contributed by atoms with Gasteiger partial charge in [-0.2, -0.15) is 0 Å². The lowest BCUT2D eigenvalue weighted by Crippen LogP contribution is -2.47. The molecule has 2 aromatic rings. The van der Waals surface area contributed by atoms with Gasteiger partial charge in [0.05, 0.1) is 30.6 Å². The molecule has 1 N–H and O–H groups in total. The number of nitrogens with one attached hydrogen (secondary N) is 1. The quantitative estimate of drug-likeness (QED) is 0.474. The van der Waals surface area contributed by atoms with E-state index in [1.54, 1.807) is 7.11 Å². The molecule has 2 aromatic heterocycles. The second kappa shape index (κ2) is 13.0. The summed E-state index contributed by atoms with van der Waals surface area (Å²) in [6.07, 6.45) is 14.2. The lowest BCUT2D eigenvalue weighted by molar-refractivity contribution is 0.0913. The van der Waals surface area contributed by atoms with Gasteiger partial charge in [0.25, 0.3) is 5.91 Å². The molecule has 7 nitrogen and oxygen atoms in total. The van der Waals surface area contributed by atoms with Crippen LogP contribution in [0, 0.1) is 13.8 Å². The normalized spacial score (nSPS) is 17.5. The van der Waals surface area contributed by atoms with Crippen molar-refractivity contribution in [2.45, 2.75) is 65.1 Å². The number of rotatable bonds is 10. The van der Waals surface area contributed by atoms with Crippen molar-refractivity contribution in [2.24, 2.45) is 0 Å². The minimum atomic E-state index is -0.0814. The first-order chi connectivity index (χ1) is 18.0. The zero-order chi connectivity index (χ0) is 26.2. The molecule has 198 valence electrons. The fourth-order valence-corrected chi connectivity index (χ4v) is 5.91. The molecule has 4 rings (SSSR count). The van der Waals surface area contributed by atoms with Crippen LogP contribution in [-0.4, -0.2) is 64.5 Å². The minimum absolute atomic E-state index is 0.0814. The van der Waals surface area contributed by atoms with Crippen LogP contribution in [0.2, 0.25) is 0 Å². The molecule has 1 fully saturated rings. The first kappa shape index (κ1) is 27.1. The Morgan fingerprint density at radius 3 is 2.68 bits per heavy atom. The third-order valence-corrected chi connectivity index (χ3v) is 8.29. The number of hydrogen-bond acceptors (Lipinski definition) is 7. The van der Waals surface area contributed by atoms with Crippen LogP contribution in [-0.2, 0) is 11.3 Å². The number of methoxy groups -OCH3 is 1. The molecule has 0 saturated carbocycles. The predicted octanol–water partition coefficient (Wildman–Crippen LogP) is 5.00. The maximum Gasteiger partial charge on any atom is 0.254 e. The van der Waals surface area contributed by atoms with Crippen molar-refractivity contribution in [1.82, 2.24) is 25.1 Å². The number of aryl methyl sites for hydroxylation is 2. The van der Waals surface area contributed by atoms with Crippen LogP contribution in [0.5, 0.6) is 0 Å². The Hall–Kier alpha value is -2.97. The Labute approximate surface area is 224 Å². The average molecular weight is 522 g/mol. The maximum absolute atomic E-state index is 12.7. The van der Waals surface area contributed by atoms with Crippen molar-refractivity contribution in [3.8, 4) is 0 Å². The maximum atomic E-state index is 12.7. The van der Waals surface area contributed by atoms with E-state index >= 15 is 0 Å². The van der Waals surface area contributed by atoms with Gasteiger partial charge in [0.15, 0.2) is 0 Å². The number of thiophene rings is 1. The fourth-order valence-electron chi connectivity index (χ4n) is 5.21. The number of carbonyl (C=O) groups excluding carboxylic acids is 1. The summed E-state index contributed by atoms with van der Waals surface area (Å²) in [6.45, 7) is 9.70. The molecule has 1 amide bonds. The molecule has 2 aliphatic rings. The highest BCUT2D eigenvalue weighted by molar-refractivity contribution is 7.09. The number of hydrogen-bond donors (Lipinski definition) is 1. The standard InChI is InChI=1S/C29H39N5O2S/c1-21(12-15-30-29(35)28-22(2)31-20-32-23(28)3)33-16-13-25(14-17-33)34(19-27-9-6-18-37-27)24-7-5-8-26(36-4)11-10-24/h5-6,8-11,18,20-21,25H,7,12-17,19H2,1-4H3,(H,30,35). The number of ether oxygens (including phenoxy) is 1. The molecule has 1 aliphatic heterocycles. The largest absolute Gasteiger partial charge is 0.497 e. The molecule has 0 radical (unpaired) electrons. The van der Waals surface area contributed by atoms with E-state index in [4.69, 9.17) is 4.74 Å². The van der Waals surface area contributed by atoms with Crippen molar-refractivity contribution in [2.75, 3.05) is 26.7 Å². The van der Waals surface area contributed by atoms with Gasteiger partial charge in [0, 0.05) is 48.7 Å². The van der Waals surface area contributed by atoms with Gasteiger partial charge in [-0.3, -0.25) is 4.79 Å². The summed E-state index contributed by atoms with van der Waals surface area (Å²) in [5.74, 6) is 0.814. The van der Waals surface area contributed by atoms with E-state index in [0.717, 1.165) is 62.5 Å². The molecule has 8 heteroatoms. The van der Waals surface area contributed by atoms with E-state index < -0.39 is 0 Å². The number of likely N-dealkylation sites (tertiary alicyclic amines) is 1. The van der Waals surface area contributed by atoms with E-state index in [1.165, 1.54) is 16.9 Å². The number of aromatic nitrogens is 2. The minimum Gasteiger partial charge on any atom is -0.497 e.